The van der Waals surface area contributed by atoms with Gasteiger partial charge in [0.15, 0.2) is 0 Å². The molecule has 0 saturated carbocycles. The van der Waals surface area contributed by atoms with E-state index in [0.29, 0.717) is 13.2 Å². The van der Waals surface area contributed by atoms with Crippen molar-refractivity contribution in [2.45, 2.75) is 13.3 Å². The van der Waals surface area contributed by atoms with Crippen molar-refractivity contribution in [1.82, 2.24) is 9.97 Å². The molecule has 0 atom stereocenters. The number of nitrogens with zero attached hydrogens (tertiary/aromatic N) is 2. The van der Waals surface area contributed by atoms with E-state index in [1.807, 2.05) is 19.1 Å². The maximum Gasteiger partial charge on any atom is 0.147 e. The summed E-state index contributed by atoms with van der Waals surface area (Å²) in [5.41, 5.74) is 2.01. The molecule has 0 amide bonds. The van der Waals surface area contributed by atoms with Gasteiger partial charge in [-0.05, 0) is 19.1 Å². The zero-order valence-electron chi connectivity index (χ0n) is 12.8. The van der Waals surface area contributed by atoms with Crippen molar-refractivity contribution in [3.63, 3.8) is 0 Å². The third-order valence-electron chi connectivity index (χ3n) is 3.89. The molecule has 118 valence electrons. The van der Waals surface area contributed by atoms with Crippen molar-refractivity contribution in [3.8, 4) is 16.3 Å². The lowest BCUT2D eigenvalue weighted by Crippen LogP contribution is -2.12. The topological polar surface area (TPSA) is 67.3 Å². The van der Waals surface area contributed by atoms with Gasteiger partial charge < -0.3 is 15.2 Å². The Kier molecular flexibility index (Phi) is 3.63. The number of thiophene rings is 1. The number of nitrogens with one attached hydrogen (secondary N) is 1. The van der Waals surface area contributed by atoms with Gasteiger partial charge in [-0.3, -0.25) is 0 Å². The number of aromatic nitrogens is 2. The smallest absolute Gasteiger partial charge is 0.147 e. The molecule has 3 aromatic rings. The number of aliphatic hydroxyl groups is 1. The van der Waals surface area contributed by atoms with Crippen LogP contribution in [0.3, 0.4) is 0 Å². The van der Waals surface area contributed by atoms with Crippen LogP contribution >= 0.6 is 11.3 Å². The van der Waals surface area contributed by atoms with E-state index in [4.69, 9.17) is 14.8 Å². The highest BCUT2D eigenvalue weighted by atomic mass is 32.1. The van der Waals surface area contributed by atoms with E-state index in [2.05, 4.69) is 22.4 Å². The highest BCUT2D eigenvalue weighted by molar-refractivity contribution is 7.22. The first-order valence-electron chi connectivity index (χ1n) is 7.65. The summed E-state index contributed by atoms with van der Waals surface area (Å²) in [5.74, 6) is 2.44. The number of anilines is 1. The van der Waals surface area contributed by atoms with E-state index in [1.165, 1.54) is 4.70 Å². The molecule has 0 radical (unpaired) electrons. The van der Waals surface area contributed by atoms with Crippen molar-refractivity contribution in [1.29, 1.82) is 0 Å². The van der Waals surface area contributed by atoms with Crippen molar-refractivity contribution in [2.75, 3.05) is 25.1 Å². The average molecular weight is 327 g/mol. The number of aliphatic hydroxyl groups excluding tert-OH is 1. The Morgan fingerprint density at radius 3 is 3.04 bits per heavy atom. The lowest BCUT2D eigenvalue weighted by molar-refractivity contribution is 0.311. The highest BCUT2D eigenvalue weighted by Gasteiger charge is 2.25. The Bertz CT molecular complexity index is 876. The maximum absolute atomic E-state index is 9.08. The van der Waals surface area contributed by atoms with Gasteiger partial charge in [0.1, 0.15) is 17.4 Å². The molecule has 0 bridgehead atoms. The van der Waals surface area contributed by atoms with Gasteiger partial charge in [0.05, 0.1) is 23.8 Å². The van der Waals surface area contributed by atoms with Crippen LogP contribution in [0.25, 0.3) is 20.7 Å². The molecule has 6 heteroatoms. The number of ether oxygens (including phenoxy) is 1. The summed E-state index contributed by atoms with van der Waals surface area (Å²) in [6.45, 7) is 3.04. The predicted molar refractivity (Wildman–Crippen MR) is 92.4 cm³/mol. The van der Waals surface area contributed by atoms with E-state index in [9.17, 15) is 0 Å². The summed E-state index contributed by atoms with van der Waals surface area (Å²) in [4.78, 5) is 10.3. The summed E-state index contributed by atoms with van der Waals surface area (Å²) in [6, 6.07) is 8.27. The summed E-state index contributed by atoms with van der Waals surface area (Å²) in [6.07, 6.45) is 0.749. The highest BCUT2D eigenvalue weighted by Crippen LogP contribution is 2.47. The van der Waals surface area contributed by atoms with Gasteiger partial charge in [-0.2, -0.15) is 0 Å². The van der Waals surface area contributed by atoms with E-state index in [0.717, 1.165) is 45.3 Å². The molecule has 2 N–H and O–H groups in total. The number of hydrogen-bond acceptors (Lipinski definition) is 6. The number of benzene rings is 1. The van der Waals surface area contributed by atoms with Gasteiger partial charge in [-0.15, -0.1) is 11.3 Å². The maximum atomic E-state index is 9.08. The van der Waals surface area contributed by atoms with Gasteiger partial charge in [0, 0.05) is 28.6 Å². The van der Waals surface area contributed by atoms with Crippen molar-refractivity contribution >= 4 is 27.2 Å². The monoisotopic (exact) mass is 327 g/mol. The van der Waals surface area contributed by atoms with Crippen molar-refractivity contribution in [2.24, 2.45) is 0 Å². The molecule has 0 unspecified atom stereocenters. The van der Waals surface area contributed by atoms with Gasteiger partial charge in [0.25, 0.3) is 0 Å². The molecule has 1 aliphatic heterocycles. The standard InChI is InChI=1S/C17H17N3O2S/c1-10-19-14-12(17(20-10)18-7-8-21)6-9-22-15-11-4-2-3-5-13(11)23-16(14)15/h2-5,21H,6-9H2,1H3,(H,18,19,20). The Balaban J connectivity index is 1.95. The largest absolute Gasteiger partial charge is 0.491 e. The molecule has 0 aliphatic carbocycles. The van der Waals surface area contributed by atoms with Crippen molar-refractivity contribution < 1.29 is 9.84 Å². The van der Waals surface area contributed by atoms with Crippen LogP contribution in [0.1, 0.15) is 11.4 Å². The third-order valence-corrected chi connectivity index (χ3v) is 5.05. The van der Waals surface area contributed by atoms with Crippen LogP contribution in [0.15, 0.2) is 24.3 Å². The van der Waals surface area contributed by atoms with Gasteiger partial charge >= 0.3 is 0 Å². The molecule has 0 saturated heterocycles. The number of aryl methyl sites for hydroxylation is 1. The Hall–Kier alpha value is -2.18. The minimum Gasteiger partial charge on any atom is -0.491 e. The first-order chi connectivity index (χ1) is 11.3. The molecular formula is C17H17N3O2S. The average Bonchev–Trinajstić information content (AvgIpc) is 2.83. The number of hydrogen-bond donors (Lipinski definition) is 2. The van der Waals surface area contributed by atoms with E-state index >= 15 is 0 Å². The second kappa shape index (κ2) is 5.79. The van der Waals surface area contributed by atoms with Crippen molar-refractivity contribution in [3.05, 3.63) is 35.7 Å². The molecule has 1 aliphatic rings. The summed E-state index contributed by atoms with van der Waals surface area (Å²) in [7, 11) is 0. The summed E-state index contributed by atoms with van der Waals surface area (Å²) >= 11 is 1.70. The van der Waals surface area contributed by atoms with Crippen LogP contribution in [0.4, 0.5) is 5.82 Å². The molecule has 2 aromatic heterocycles. The zero-order chi connectivity index (χ0) is 15.8. The summed E-state index contributed by atoms with van der Waals surface area (Å²) in [5, 5.41) is 13.4. The van der Waals surface area contributed by atoms with E-state index in [-0.39, 0.29) is 6.61 Å². The van der Waals surface area contributed by atoms with E-state index in [1.54, 1.807) is 11.3 Å². The van der Waals surface area contributed by atoms with Crippen LogP contribution in [-0.4, -0.2) is 34.8 Å². The molecule has 5 nitrogen and oxygen atoms in total. The third kappa shape index (κ3) is 2.44. The van der Waals surface area contributed by atoms with Crippen LogP contribution in [-0.2, 0) is 6.42 Å². The first kappa shape index (κ1) is 14.4. The quantitative estimate of drug-likeness (QED) is 0.774. The fourth-order valence-electron chi connectivity index (χ4n) is 2.92. The summed E-state index contributed by atoms with van der Waals surface area (Å²) < 4.78 is 7.25. The minimum absolute atomic E-state index is 0.0719. The second-order valence-corrected chi connectivity index (χ2v) is 6.50. The molecule has 4 rings (SSSR count). The van der Waals surface area contributed by atoms with Gasteiger partial charge in [-0.1, -0.05) is 12.1 Å². The molecule has 3 heterocycles. The number of fused-ring (bicyclic) bond motifs is 5. The van der Waals surface area contributed by atoms with Crippen LogP contribution in [0.5, 0.6) is 5.75 Å². The fraction of sp³-hybridized carbons (Fsp3) is 0.294. The van der Waals surface area contributed by atoms with Gasteiger partial charge in [-0.25, -0.2) is 9.97 Å². The van der Waals surface area contributed by atoms with E-state index < -0.39 is 0 Å². The second-order valence-electron chi connectivity index (χ2n) is 5.45. The molecule has 23 heavy (non-hydrogen) atoms. The van der Waals surface area contributed by atoms with Crippen LogP contribution < -0.4 is 10.1 Å². The lowest BCUT2D eigenvalue weighted by atomic mass is 10.1. The predicted octanol–water partition coefficient (Wildman–Crippen LogP) is 3.01. The fourth-order valence-corrected chi connectivity index (χ4v) is 4.08. The van der Waals surface area contributed by atoms with Gasteiger partial charge in [0.2, 0.25) is 0 Å². The Labute approximate surface area is 138 Å². The molecular weight excluding hydrogens is 310 g/mol. The Morgan fingerprint density at radius 1 is 1.30 bits per heavy atom. The molecule has 0 spiro atoms. The zero-order valence-corrected chi connectivity index (χ0v) is 13.6. The van der Waals surface area contributed by atoms with Crippen LogP contribution in [0, 0.1) is 6.92 Å². The SMILES string of the molecule is Cc1nc(NCCO)c2c(n1)-c1sc3ccccc3c1OCC2. The number of rotatable bonds is 3. The van der Waals surface area contributed by atoms with Crippen LogP contribution in [0.2, 0.25) is 0 Å². The normalized spacial score (nSPS) is 13.1. The first-order valence-corrected chi connectivity index (χ1v) is 8.46. The molecule has 1 aromatic carbocycles. The minimum atomic E-state index is 0.0719. The lowest BCUT2D eigenvalue weighted by Gasteiger charge is -2.12. The Morgan fingerprint density at radius 2 is 2.17 bits per heavy atom. The molecule has 0 fully saturated rings.